The Bertz CT molecular complexity index is 454. The molecule has 1 aliphatic rings. The monoisotopic (exact) mass is 262 g/mol. The van der Waals surface area contributed by atoms with Gasteiger partial charge in [0.1, 0.15) is 5.41 Å². The van der Waals surface area contributed by atoms with Gasteiger partial charge in [0, 0.05) is 6.42 Å². The number of Topliss-reactive ketones (excluding diaryl/α,β-unsaturated/α-hetero) is 1. The first-order valence-corrected chi connectivity index (χ1v) is 6.42. The van der Waals surface area contributed by atoms with Crippen LogP contribution in [0.4, 0.5) is 0 Å². The lowest BCUT2D eigenvalue weighted by molar-refractivity contribution is -0.161. The number of carbonyl (C=O) groups excluding carboxylic acids is 2. The van der Waals surface area contributed by atoms with Crippen LogP contribution in [0.25, 0.3) is 0 Å². The normalized spacial score (nSPS) is 22.5. The van der Waals surface area contributed by atoms with Crippen molar-refractivity contribution < 1.29 is 19.1 Å². The predicted octanol–water partition coefficient (Wildman–Crippen LogP) is 2.12. The lowest BCUT2D eigenvalue weighted by Gasteiger charge is -2.23. The number of methoxy groups -OCH3 is 1. The first-order chi connectivity index (χ1) is 9.19. The van der Waals surface area contributed by atoms with Crippen LogP contribution >= 0.6 is 0 Å². The molecule has 4 nitrogen and oxygen atoms in total. The fraction of sp³-hybridized carbons (Fsp3) is 0.467. The number of rotatable bonds is 5. The van der Waals surface area contributed by atoms with Gasteiger partial charge in [0.15, 0.2) is 5.78 Å². The summed E-state index contributed by atoms with van der Waals surface area (Å²) in [5.74, 6) is -0.532. The molecule has 0 bridgehead atoms. The maximum Gasteiger partial charge on any atom is 0.321 e. The Morgan fingerprint density at radius 3 is 2.63 bits per heavy atom. The van der Waals surface area contributed by atoms with Gasteiger partial charge in [0.2, 0.25) is 0 Å². The largest absolute Gasteiger partial charge is 0.468 e. The van der Waals surface area contributed by atoms with E-state index in [-0.39, 0.29) is 12.4 Å². The zero-order valence-corrected chi connectivity index (χ0v) is 11.1. The summed E-state index contributed by atoms with van der Waals surface area (Å²) in [6.45, 7) is 0.500. The van der Waals surface area contributed by atoms with Gasteiger partial charge in [-0.3, -0.25) is 9.59 Å². The van der Waals surface area contributed by atoms with Gasteiger partial charge in [-0.1, -0.05) is 30.3 Å². The molecule has 0 N–H and O–H groups in total. The Labute approximate surface area is 112 Å². The van der Waals surface area contributed by atoms with E-state index in [1.54, 1.807) is 0 Å². The van der Waals surface area contributed by atoms with Gasteiger partial charge in [0.05, 0.1) is 20.3 Å². The van der Waals surface area contributed by atoms with E-state index in [9.17, 15) is 9.59 Å². The maximum absolute atomic E-state index is 12.0. The molecule has 1 fully saturated rings. The molecule has 19 heavy (non-hydrogen) atoms. The Morgan fingerprint density at radius 2 is 2.05 bits per heavy atom. The highest BCUT2D eigenvalue weighted by molar-refractivity contribution is 6.05. The minimum atomic E-state index is -1.08. The Hall–Kier alpha value is -1.68. The third kappa shape index (κ3) is 2.84. The molecule has 1 aliphatic carbocycles. The average Bonchev–Trinajstić information content (AvgIpc) is 2.81. The van der Waals surface area contributed by atoms with Crippen molar-refractivity contribution in [2.24, 2.45) is 5.41 Å². The molecule has 4 heteroatoms. The topological polar surface area (TPSA) is 52.6 Å². The summed E-state index contributed by atoms with van der Waals surface area (Å²) in [5, 5.41) is 0. The van der Waals surface area contributed by atoms with Gasteiger partial charge in [0.25, 0.3) is 0 Å². The minimum Gasteiger partial charge on any atom is -0.468 e. The molecular weight excluding hydrogens is 244 g/mol. The van der Waals surface area contributed by atoms with Crippen LogP contribution in [0, 0.1) is 5.41 Å². The van der Waals surface area contributed by atoms with Gasteiger partial charge in [-0.05, 0) is 18.4 Å². The molecule has 1 unspecified atom stereocenters. The van der Waals surface area contributed by atoms with Crippen LogP contribution in [0.3, 0.4) is 0 Å². The summed E-state index contributed by atoms with van der Waals surface area (Å²) in [5.41, 5.74) is -0.0586. The third-order valence-corrected chi connectivity index (χ3v) is 3.58. The molecular formula is C15H18O4. The lowest BCUT2D eigenvalue weighted by Crippen LogP contribution is -2.40. The smallest absolute Gasteiger partial charge is 0.321 e. The standard InChI is InChI=1S/C15H18O4/c1-18-14(17)15(9-5-8-13(15)16)11-19-10-12-6-3-2-4-7-12/h2-4,6-7H,5,8-11H2,1H3. The molecule has 0 radical (unpaired) electrons. The van der Waals surface area contributed by atoms with E-state index >= 15 is 0 Å². The molecule has 1 aromatic rings. The molecule has 2 rings (SSSR count). The Balaban J connectivity index is 1.98. The quantitative estimate of drug-likeness (QED) is 0.602. The van der Waals surface area contributed by atoms with Crippen molar-refractivity contribution in [1.29, 1.82) is 0 Å². The average molecular weight is 262 g/mol. The van der Waals surface area contributed by atoms with Crippen LogP contribution in [-0.4, -0.2) is 25.5 Å². The van der Waals surface area contributed by atoms with Crippen LogP contribution < -0.4 is 0 Å². The SMILES string of the molecule is COC(=O)C1(COCc2ccccc2)CCCC1=O. The van der Waals surface area contributed by atoms with Gasteiger partial charge in [-0.15, -0.1) is 0 Å². The van der Waals surface area contributed by atoms with E-state index in [1.165, 1.54) is 7.11 Å². The molecule has 102 valence electrons. The number of hydrogen-bond donors (Lipinski definition) is 0. The van der Waals surface area contributed by atoms with E-state index in [1.807, 2.05) is 30.3 Å². The van der Waals surface area contributed by atoms with Crippen LogP contribution in [0.15, 0.2) is 30.3 Å². The molecule has 0 amide bonds. The van der Waals surface area contributed by atoms with E-state index < -0.39 is 11.4 Å². The van der Waals surface area contributed by atoms with Gasteiger partial charge >= 0.3 is 5.97 Å². The highest BCUT2D eigenvalue weighted by atomic mass is 16.5. The number of hydrogen-bond acceptors (Lipinski definition) is 4. The second kappa shape index (κ2) is 5.97. The van der Waals surface area contributed by atoms with Crippen LogP contribution in [0.5, 0.6) is 0 Å². The fourth-order valence-electron chi connectivity index (χ4n) is 2.47. The highest BCUT2D eigenvalue weighted by Crippen LogP contribution is 2.36. The van der Waals surface area contributed by atoms with Crippen molar-refractivity contribution in [3.8, 4) is 0 Å². The molecule has 1 atom stereocenters. The van der Waals surface area contributed by atoms with Gasteiger partial charge in [-0.2, -0.15) is 0 Å². The van der Waals surface area contributed by atoms with E-state index in [0.29, 0.717) is 19.4 Å². The third-order valence-electron chi connectivity index (χ3n) is 3.58. The zero-order chi connectivity index (χ0) is 13.7. The van der Waals surface area contributed by atoms with Crippen LogP contribution in [0.2, 0.25) is 0 Å². The lowest BCUT2D eigenvalue weighted by atomic mass is 9.86. The van der Waals surface area contributed by atoms with E-state index in [2.05, 4.69) is 0 Å². The molecule has 0 spiro atoms. The Morgan fingerprint density at radius 1 is 1.32 bits per heavy atom. The number of ketones is 1. The predicted molar refractivity (Wildman–Crippen MR) is 69.4 cm³/mol. The maximum atomic E-state index is 12.0. The molecule has 1 aromatic carbocycles. The van der Waals surface area contributed by atoms with Gasteiger partial charge in [-0.25, -0.2) is 0 Å². The van der Waals surface area contributed by atoms with Gasteiger partial charge < -0.3 is 9.47 Å². The summed E-state index contributed by atoms with van der Waals surface area (Å²) in [6.07, 6.45) is 1.68. The van der Waals surface area contributed by atoms with Crippen LogP contribution in [-0.2, 0) is 25.7 Å². The zero-order valence-electron chi connectivity index (χ0n) is 11.1. The van der Waals surface area contributed by atoms with E-state index in [4.69, 9.17) is 9.47 Å². The first-order valence-electron chi connectivity index (χ1n) is 6.42. The van der Waals surface area contributed by atoms with Crippen molar-refractivity contribution in [3.05, 3.63) is 35.9 Å². The first kappa shape index (κ1) is 13.7. The molecule has 0 heterocycles. The van der Waals surface area contributed by atoms with Crippen LogP contribution in [0.1, 0.15) is 24.8 Å². The number of esters is 1. The fourth-order valence-corrected chi connectivity index (χ4v) is 2.47. The molecule has 1 saturated carbocycles. The molecule has 0 aromatic heterocycles. The van der Waals surface area contributed by atoms with E-state index in [0.717, 1.165) is 12.0 Å². The number of ether oxygens (including phenoxy) is 2. The molecule has 0 aliphatic heterocycles. The second-order valence-electron chi connectivity index (χ2n) is 4.83. The van der Waals surface area contributed by atoms with Crippen molar-refractivity contribution in [2.45, 2.75) is 25.9 Å². The van der Waals surface area contributed by atoms with Crippen molar-refractivity contribution in [3.63, 3.8) is 0 Å². The summed E-state index contributed by atoms with van der Waals surface area (Å²) in [6, 6.07) is 9.67. The number of benzene rings is 1. The summed E-state index contributed by atoms with van der Waals surface area (Å²) >= 11 is 0. The number of carbonyl (C=O) groups is 2. The van der Waals surface area contributed by atoms with Crippen molar-refractivity contribution in [1.82, 2.24) is 0 Å². The summed E-state index contributed by atoms with van der Waals surface area (Å²) in [4.78, 5) is 23.8. The summed E-state index contributed by atoms with van der Waals surface area (Å²) < 4.78 is 10.3. The Kier molecular flexibility index (Phi) is 4.32. The minimum absolute atomic E-state index is 0.0626. The van der Waals surface area contributed by atoms with Crippen molar-refractivity contribution >= 4 is 11.8 Å². The summed E-state index contributed by atoms with van der Waals surface area (Å²) in [7, 11) is 1.31. The second-order valence-corrected chi connectivity index (χ2v) is 4.83. The van der Waals surface area contributed by atoms with Crippen molar-refractivity contribution in [2.75, 3.05) is 13.7 Å². The highest BCUT2D eigenvalue weighted by Gasteiger charge is 2.49. The molecule has 0 saturated heterocycles.